The number of aryl methyl sites for hydroxylation is 1. The van der Waals surface area contributed by atoms with Crippen LogP contribution in [0.5, 0.6) is 0 Å². The number of nitrogens with zero attached hydrogens (tertiary/aromatic N) is 3. The molecule has 0 bridgehead atoms. The van der Waals surface area contributed by atoms with Crippen molar-refractivity contribution in [3.05, 3.63) is 42.1 Å². The van der Waals surface area contributed by atoms with Gasteiger partial charge in [-0.3, -0.25) is 0 Å². The summed E-state index contributed by atoms with van der Waals surface area (Å²) in [4.78, 5) is 13.0. The van der Waals surface area contributed by atoms with Crippen LogP contribution in [0.2, 0.25) is 0 Å². The third kappa shape index (κ3) is 4.46. The van der Waals surface area contributed by atoms with Gasteiger partial charge in [0.25, 0.3) is 0 Å². The van der Waals surface area contributed by atoms with Crippen LogP contribution in [0, 0.1) is 6.92 Å². The normalized spacial score (nSPS) is 18.1. The summed E-state index contributed by atoms with van der Waals surface area (Å²) in [6.07, 6.45) is 3.02. The van der Waals surface area contributed by atoms with E-state index < -0.39 is 0 Å². The van der Waals surface area contributed by atoms with E-state index in [1.54, 1.807) is 11.3 Å². The lowest BCUT2D eigenvalue weighted by Crippen LogP contribution is -2.49. The van der Waals surface area contributed by atoms with Crippen molar-refractivity contribution in [2.45, 2.75) is 26.3 Å². The van der Waals surface area contributed by atoms with E-state index in [1.165, 1.54) is 15.0 Å². The Labute approximate surface area is 164 Å². The van der Waals surface area contributed by atoms with Crippen LogP contribution in [0.25, 0.3) is 20.7 Å². The van der Waals surface area contributed by atoms with Gasteiger partial charge in [-0.05, 0) is 49.9 Å². The van der Waals surface area contributed by atoms with E-state index in [-0.39, 0.29) is 0 Å². The third-order valence-electron chi connectivity index (χ3n) is 5.02. The van der Waals surface area contributed by atoms with E-state index in [4.69, 9.17) is 4.98 Å². The minimum absolute atomic E-state index is 0.594. The van der Waals surface area contributed by atoms with E-state index in [0.29, 0.717) is 6.04 Å². The van der Waals surface area contributed by atoms with Crippen molar-refractivity contribution in [3.8, 4) is 10.6 Å². The van der Waals surface area contributed by atoms with Gasteiger partial charge in [0.15, 0.2) is 0 Å². The van der Waals surface area contributed by atoms with Crippen molar-refractivity contribution in [3.63, 3.8) is 0 Å². The molecule has 2 aromatic heterocycles. The molecule has 0 radical (unpaired) electrons. The fraction of sp³-hybridized carbons (Fsp3) is 0.429. The number of thiophene rings is 1. The Morgan fingerprint density at radius 3 is 3.07 bits per heavy atom. The Morgan fingerprint density at radius 1 is 1.33 bits per heavy atom. The van der Waals surface area contributed by atoms with Crippen LogP contribution in [0.4, 0.5) is 5.95 Å². The summed E-state index contributed by atoms with van der Waals surface area (Å²) < 4.78 is 1.30. The summed E-state index contributed by atoms with van der Waals surface area (Å²) in [6, 6.07) is 11.3. The Balaban J connectivity index is 1.38. The molecule has 27 heavy (non-hydrogen) atoms. The van der Waals surface area contributed by atoms with Gasteiger partial charge in [0.05, 0.1) is 10.6 Å². The van der Waals surface area contributed by atoms with Crippen molar-refractivity contribution < 1.29 is 0 Å². The molecule has 142 valence electrons. The molecule has 0 amide bonds. The van der Waals surface area contributed by atoms with Crippen LogP contribution in [0.3, 0.4) is 0 Å². The Hall–Kier alpha value is -2.02. The van der Waals surface area contributed by atoms with Gasteiger partial charge in [0.1, 0.15) is 0 Å². The quantitative estimate of drug-likeness (QED) is 0.637. The van der Waals surface area contributed by atoms with Crippen molar-refractivity contribution >= 4 is 27.4 Å². The molecule has 1 fully saturated rings. The number of aromatic nitrogens is 2. The first kappa shape index (κ1) is 18.3. The molecule has 2 N–H and O–H groups in total. The number of rotatable bonds is 6. The zero-order valence-electron chi connectivity index (χ0n) is 16.0. The molecule has 1 aromatic carbocycles. The van der Waals surface area contributed by atoms with E-state index in [0.717, 1.165) is 56.4 Å². The first-order chi connectivity index (χ1) is 13.2. The van der Waals surface area contributed by atoms with Crippen LogP contribution in [-0.4, -0.2) is 53.6 Å². The summed E-state index contributed by atoms with van der Waals surface area (Å²) in [5.74, 6) is 0.724. The molecule has 1 aliphatic rings. The number of fused-ring (bicyclic) bond motifs is 1. The Kier molecular flexibility index (Phi) is 5.66. The van der Waals surface area contributed by atoms with Crippen LogP contribution in [0.15, 0.2) is 36.5 Å². The number of hydrogen-bond acceptors (Lipinski definition) is 6. The van der Waals surface area contributed by atoms with Gasteiger partial charge in [-0.2, -0.15) is 0 Å². The lowest BCUT2D eigenvalue weighted by Gasteiger charge is -2.31. The molecule has 6 heteroatoms. The molecule has 0 spiro atoms. The first-order valence-corrected chi connectivity index (χ1v) is 10.5. The topological polar surface area (TPSA) is 53.1 Å². The summed E-state index contributed by atoms with van der Waals surface area (Å²) in [5.41, 5.74) is 2.14. The van der Waals surface area contributed by atoms with Crippen molar-refractivity contribution in [1.82, 2.24) is 20.2 Å². The summed E-state index contributed by atoms with van der Waals surface area (Å²) >= 11 is 1.79. The molecule has 0 aliphatic carbocycles. The van der Waals surface area contributed by atoms with E-state index in [9.17, 15) is 0 Å². The lowest BCUT2D eigenvalue weighted by molar-refractivity contribution is 0.207. The highest BCUT2D eigenvalue weighted by Gasteiger charge is 2.15. The number of hydrogen-bond donors (Lipinski definition) is 2. The molecule has 0 unspecified atom stereocenters. The largest absolute Gasteiger partial charge is 0.354 e. The number of piperazine rings is 1. The van der Waals surface area contributed by atoms with Gasteiger partial charge in [-0.25, -0.2) is 9.97 Å². The summed E-state index contributed by atoms with van der Waals surface area (Å²) in [5, 5.41) is 8.17. The second kappa shape index (κ2) is 8.33. The maximum absolute atomic E-state index is 4.80. The highest BCUT2D eigenvalue weighted by Crippen LogP contribution is 2.34. The molecular weight excluding hydrogens is 354 g/mol. The third-order valence-corrected chi connectivity index (χ3v) is 6.14. The molecule has 0 saturated carbocycles. The molecule has 3 heterocycles. The predicted octanol–water partition coefficient (Wildman–Crippen LogP) is 3.76. The van der Waals surface area contributed by atoms with E-state index >= 15 is 0 Å². The number of benzene rings is 1. The van der Waals surface area contributed by atoms with E-state index in [1.807, 2.05) is 6.20 Å². The van der Waals surface area contributed by atoms with Gasteiger partial charge >= 0.3 is 0 Å². The number of anilines is 1. The summed E-state index contributed by atoms with van der Waals surface area (Å²) in [7, 11) is 0. The molecule has 4 rings (SSSR count). The monoisotopic (exact) mass is 381 g/mol. The van der Waals surface area contributed by atoms with Crippen molar-refractivity contribution in [2.75, 3.05) is 38.0 Å². The summed E-state index contributed by atoms with van der Waals surface area (Å²) in [6.45, 7) is 9.71. The zero-order valence-corrected chi connectivity index (χ0v) is 16.9. The zero-order chi connectivity index (χ0) is 18.6. The smallest absolute Gasteiger partial charge is 0.223 e. The fourth-order valence-corrected chi connectivity index (χ4v) is 4.71. The predicted molar refractivity (Wildman–Crippen MR) is 115 cm³/mol. The Bertz CT molecular complexity index is 873. The minimum atomic E-state index is 0.594. The van der Waals surface area contributed by atoms with Crippen molar-refractivity contribution in [1.29, 1.82) is 0 Å². The van der Waals surface area contributed by atoms with Crippen LogP contribution < -0.4 is 10.6 Å². The van der Waals surface area contributed by atoms with Gasteiger partial charge in [-0.15, -0.1) is 11.3 Å². The minimum Gasteiger partial charge on any atom is -0.354 e. The highest BCUT2D eigenvalue weighted by molar-refractivity contribution is 7.22. The maximum atomic E-state index is 4.80. The Morgan fingerprint density at radius 2 is 2.22 bits per heavy atom. The molecule has 5 nitrogen and oxygen atoms in total. The molecule has 1 atom stereocenters. The molecular formula is C21H27N5S. The van der Waals surface area contributed by atoms with Crippen LogP contribution >= 0.6 is 11.3 Å². The second-order valence-corrected chi connectivity index (χ2v) is 8.39. The molecule has 1 saturated heterocycles. The molecule has 1 aliphatic heterocycles. The molecule has 3 aromatic rings. The number of nitrogens with one attached hydrogen (secondary N) is 2. The van der Waals surface area contributed by atoms with Crippen LogP contribution in [0.1, 0.15) is 18.9 Å². The van der Waals surface area contributed by atoms with Gasteiger partial charge in [-0.1, -0.05) is 18.2 Å². The highest BCUT2D eigenvalue weighted by atomic mass is 32.1. The SMILES string of the molecule is Cc1cnc(NCCCN2CCN[C@@H](C)C2)nc1-c1cc2ccccc2s1. The lowest BCUT2D eigenvalue weighted by atomic mass is 10.2. The standard InChI is InChI=1S/C21H27N5S/c1-15-13-24-21(23-8-5-10-26-11-9-22-16(2)14-26)25-20(15)19-12-17-6-3-4-7-18(17)27-19/h3-4,6-7,12-13,16,22H,5,8-11,14H2,1-2H3,(H,23,24,25)/t16-/m0/s1. The first-order valence-electron chi connectivity index (χ1n) is 9.71. The van der Waals surface area contributed by atoms with Gasteiger partial charge < -0.3 is 15.5 Å². The average Bonchev–Trinajstić information content (AvgIpc) is 3.10. The average molecular weight is 382 g/mol. The maximum Gasteiger partial charge on any atom is 0.223 e. The fourth-order valence-electron chi connectivity index (χ4n) is 3.59. The van der Waals surface area contributed by atoms with Crippen molar-refractivity contribution in [2.24, 2.45) is 0 Å². The van der Waals surface area contributed by atoms with Gasteiger partial charge in [0.2, 0.25) is 5.95 Å². The van der Waals surface area contributed by atoms with Crippen LogP contribution in [-0.2, 0) is 0 Å². The van der Waals surface area contributed by atoms with Gasteiger partial charge in [0, 0.05) is 43.1 Å². The van der Waals surface area contributed by atoms with E-state index in [2.05, 4.69) is 64.7 Å². The second-order valence-electron chi connectivity index (χ2n) is 7.31.